The van der Waals surface area contributed by atoms with E-state index < -0.39 is 7.92 Å². The zero-order valence-corrected chi connectivity index (χ0v) is 11.8. The lowest BCUT2D eigenvalue weighted by Gasteiger charge is -2.36. The van der Waals surface area contributed by atoms with E-state index in [-0.39, 0.29) is 4.86 Å². The van der Waals surface area contributed by atoms with Gasteiger partial charge in [-0.25, -0.2) is 0 Å². The molecular weight excluding hydrogens is 235 g/mol. The number of hydrogen-bond acceptors (Lipinski definition) is 1. The van der Waals surface area contributed by atoms with Crippen LogP contribution < -0.4 is 0 Å². The summed E-state index contributed by atoms with van der Waals surface area (Å²) < 4.78 is 0. The summed E-state index contributed by atoms with van der Waals surface area (Å²) in [5.74, 6) is 0. The minimum Gasteiger partial charge on any atom is -0.282 e. The molecule has 0 amide bonds. The molecule has 2 aliphatic carbocycles. The van der Waals surface area contributed by atoms with E-state index in [2.05, 4.69) is 12.6 Å². The van der Waals surface area contributed by atoms with Gasteiger partial charge in [0, 0.05) is 0 Å². The van der Waals surface area contributed by atoms with E-state index in [9.17, 15) is 4.79 Å². The lowest BCUT2D eigenvalue weighted by molar-refractivity contribution is 0.275. The molecular formula is C13H23OPS. The van der Waals surface area contributed by atoms with Gasteiger partial charge in [-0.05, 0) is 44.9 Å². The van der Waals surface area contributed by atoms with Crippen LogP contribution in [0.1, 0.15) is 64.2 Å². The number of thiol groups is 1. The van der Waals surface area contributed by atoms with Crippen molar-refractivity contribution in [1.82, 2.24) is 0 Å². The zero-order valence-electron chi connectivity index (χ0n) is 10.0. The summed E-state index contributed by atoms with van der Waals surface area (Å²) >= 11 is 4.20. The van der Waals surface area contributed by atoms with E-state index in [0.717, 1.165) is 11.3 Å². The second kappa shape index (κ2) is 6.40. The lowest BCUT2D eigenvalue weighted by atomic mass is 9.99. The van der Waals surface area contributed by atoms with Gasteiger partial charge >= 0.3 is 0 Å². The van der Waals surface area contributed by atoms with Crippen molar-refractivity contribution in [1.29, 1.82) is 0 Å². The van der Waals surface area contributed by atoms with Gasteiger partial charge in [0.1, 0.15) is 0 Å². The fourth-order valence-corrected chi connectivity index (χ4v) is 7.37. The van der Waals surface area contributed by atoms with Crippen LogP contribution in [0.25, 0.3) is 0 Å². The van der Waals surface area contributed by atoms with E-state index in [0.29, 0.717) is 0 Å². The van der Waals surface area contributed by atoms with E-state index >= 15 is 0 Å². The molecule has 3 heteroatoms. The molecule has 1 nitrogen and oxygen atoms in total. The summed E-state index contributed by atoms with van der Waals surface area (Å²) in [5, 5.41) is 0. The SMILES string of the molecule is O=C(S)P(C1CCCCC1)C1CCCCC1. The fraction of sp³-hybridized carbons (Fsp3) is 0.923. The number of carbonyl (C=O) groups excluding carboxylic acids is 1. The molecule has 0 aliphatic heterocycles. The molecule has 0 bridgehead atoms. The first-order valence-electron chi connectivity index (χ1n) is 6.80. The van der Waals surface area contributed by atoms with Crippen molar-refractivity contribution in [2.45, 2.75) is 75.5 Å². The highest BCUT2D eigenvalue weighted by Crippen LogP contribution is 2.57. The molecule has 2 aliphatic rings. The molecule has 92 valence electrons. The van der Waals surface area contributed by atoms with Gasteiger partial charge in [0.15, 0.2) is 0 Å². The molecule has 2 rings (SSSR count). The second-order valence-electron chi connectivity index (χ2n) is 5.27. The van der Waals surface area contributed by atoms with Crippen LogP contribution >= 0.6 is 20.6 Å². The standard InChI is InChI=1S/C13H23OPS/c14-13(16)15(11-7-3-1-4-8-11)12-9-5-2-6-10-12/h11-12H,1-10H2,(H,14,16). The molecule has 0 heterocycles. The summed E-state index contributed by atoms with van der Waals surface area (Å²) in [6.07, 6.45) is 13.3. The summed E-state index contributed by atoms with van der Waals surface area (Å²) in [6.45, 7) is 0. The number of carbonyl (C=O) groups is 1. The molecule has 0 atom stereocenters. The van der Waals surface area contributed by atoms with Gasteiger partial charge in [-0.3, -0.25) is 4.79 Å². The maximum absolute atomic E-state index is 11.8. The third kappa shape index (κ3) is 3.23. The lowest BCUT2D eigenvalue weighted by Crippen LogP contribution is -2.22. The Labute approximate surface area is 106 Å². The van der Waals surface area contributed by atoms with Crippen LogP contribution in [0.3, 0.4) is 0 Å². The molecule has 0 radical (unpaired) electrons. The van der Waals surface area contributed by atoms with Gasteiger partial charge in [-0.1, -0.05) is 38.5 Å². The summed E-state index contributed by atoms with van der Waals surface area (Å²) in [6, 6.07) is 0. The monoisotopic (exact) mass is 258 g/mol. The van der Waals surface area contributed by atoms with Crippen LogP contribution in [0, 0.1) is 0 Å². The van der Waals surface area contributed by atoms with Crippen LogP contribution in [0.5, 0.6) is 0 Å². The van der Waals surface area contributed by atoms with Crippen molar-refractivity contribution < 1.29 is 4.79 Å². The molecule has 2 saturated carbocycles. The van der Waals surface area contributed by atoms with E-state index in [1.807, 2.05) is 0 Å². The third-order valence-electron chi connectivity index (χ3n) is 4.16. The molecule has 0 aromatic rings. The highest BCUT2D eigenvalue weighted by Gasteiger charge is 2.34. The van der Waals surface area contributed by atoms with Crippen LogP contribution in [0.15, 0.2) is 0 Å². The van der Waals surface area contributed by atoms with E-state index in [1.54, 1.807) is 0 Å². The van der Waals surface area contributed by atoms with Gasteiger partial charge in [0.25, 0.3) is 0 Å². The Balaban J connectivity index is 1.99. The Morgan fingerprint density at radius 3 is 1.50 bits per heavy atom. The normalized spacial score (nSPS) is 24.9. The zero-order chi connectivity index (χ0) is 11.4. The summed E-state index contributed by atoms with van der Waals surface area (Å²) in [5.41, 5.74) is 1.44. The van der Waals surface area contributed by atoms with E-state index in [1.165, 1.54) is 64.2 Å². The molecule has 0 unspecified atom stereocenters. The maximum Gasteiger partial charge on any atom is 0.207 e. The predicted octanol–water partition coefficient (Wildman–Crippen LogP) is 5.18. The van der Waals surface area contributed by atoms with Gasteiger partial charge in [0.2, 0.25) is 4.86 Å². The smallest absolute Gasteiger partial charge is 0.207 e. The Bertz CT molecular complexity index is 214. The van der Waals surface area contributed by atoms with E-state index in [4.69, 9.17) is 0 Å². The second-order valence-corrected chi connectivity index (χ2v) is 8.71. The topological polar surface area (TPSA) is 17.1 Å². The maximum atomic E-state index is 11.8. The van der Waals surface area contributed by atoms with Gasteiger partial charge in [-0.15, -0.1) is 12.6 Å². The molecule has 0 saturated heterocycles. The predicted molar refractivity (Wildman–Crippen MR) is 75.0 cm³/mol. The molecule has 0 spiro atoms. The minimum atomic E-state index is -0.431. The number of hydrogen-bond donors (Lipinski definition) is 1. The van der Waals surface area contributed by atoms with Crippen molar-refractivity contribution in [3.8, 4) is 0 Å². The van der Waals surface area contributed by atoms with Crippen molar-refractivity contribution in [3.05, 3.63) is 0 Å². The Hall–Kier alpha value is 0.450. The van der Waals surface area contributed by atoms with Crippen LogP contribution in [-0.2, 0) is 0 Å². The molecule has 16 heavy (non-hydrogen) atoms. The van der Waals surface area contributed by atoms with Crippen molar-refractivity contribution >= 4 is 25.4 Å². The minimum absolute atomic E-state index is 0.244. The molecule has 0 aromatic carbocycles. The molecule has 0 N–H and O–H groups in total. The van der Waals surface area contributed by atoms with Crippen LogP contribution in [0.4, 0.5) is 4.79 Å². The Morgan fingerprint density at radius 2 is 1.19 bits per heavy atom. The van der Waals surface area contributed by atoms with Gasteiger partial charge in [0.05, 0.1) is 0 Å². The van der Waals surface area contributed by atoms with Crippen molar-refractivity contribution in [2.75, 3.05) is 0 Å². The number of rotatable bonds is 3. The first-order chi connectivity index (χ1) is 7.79. The molecule has 0 aromatic heterocycles. The van der Waals surface area contributed by atoms with Crippen LogP contribution in [-0.4, -0.2) is 16.2 Å². The fourth-order valence-electron chi connectivity index (χ4n) is 3.33. The van der Waals surface area contributed by atoms with Crippen molar-refractivity contribution in [3.63, 3.8) is 0 Å². The first-order valence-corrected chi connectivity index (χ1v) is 8.73. The highest BCUT2D eigenvalue weighted by molar-refractivity contribution is 8.14. The Morgan fingerprint density at radius 1 is 0.812 bits per heavy atom. The first kappa shape index (κ1) is 12.9. The largest absolute Gasteiger partial charge is 0.282 e. The highest BCUT2D eigenvalue weighted by atomic mass is 32.1. The average molecular weight is 258 g/mol. The van der Waals surface area contributed by atoms with Gasteiger partial charge < -0.3 is 0 Å². The van der Waals surface area contributed by atoms with Gasteiger partial charge in [-0.2, -0.15) is 0 Å². The quantitative estimate of drug-likeness (QED) is 0.545. The summed E-state index contributed by atoms with van der Waals surface area (Å²) in [7, 11) is -0.431. The third-order valence-corrected chi connectivity index (χ3v) is 7.90. The summed E-state index contributed by atoms with van der Waals surface area (Å²) in [4.78, 5) is 12.1. The molecule has 2 fully saturated rings. The van der Waals surface area contributed by atoms with Crippen LogP contribution in [0.2, 0.25) is 0 Å². The average Bonchev–Trinajstić information content (AvgIpc) is 2.31. The van der Waals surface area contributed by atoms with Crippen molar-refractivity contribution in [2.24, 2.45) is 0 Å². The Kier molecular flexibility index (Phi) is 5.16.